The number of hydrogen-bond acceptors (Lipinski definition) is 1. The SMILES string of the molecule is CCc1ccc(C2(CN)CC2)cc1. The lowest BCUT2D eigenvalue weighted by molar-refractivity contribution is 0.704. The van der Waals surface area contributed by atoms with Gasteiger partial charge in [-0.25, -0.2) is 0 Å². The van der Waals surface area contributed by atoms with Crippen LogP contribution in [0.2, 0.25) is 0 Å². The molecule has 1 aliphatic carbocycles. The van der Waals surface area contributed by atoms with Crippen molar-refractivity contribution in [2.24, 2.45) is 5.73 Å². The van der Waals surface area contributed by atoms with Crippen molar-refractivity contribution in [2.75, 3.05) is 6.54 Å². The van der Waals surface area contributed by atoms with Gasteiger partial charge in [0.05, 0.1) is 0 Å². The lowest BCUT2D eigenvalue weighted by Gasteiger charge is -2.12. The smallest absolute Gasteiger partial charge is 0.00762 e. The Morgan fingerprint density at radius 2 is 1.85 bits per heavy atom. The number of nitrogens with two attached hydrogens (primary N) is 1. The normalized spacial score (nSPS) is 18.6. The summed E-state index contributed by atoms with van der Waals surface area (Å²) in [5.41, 5.74) is 8.98. The molecule has 2 rings (SSSR count). The zero-order valence-corrected chi connectivity index (χ0v) is 8.22. The lowest BCUT2D eigenvalue weighted by Crippen LogP contribution is -2.19. The van der Waals surface area contributed by atoms with Crippen LogP contribution in [0.25, 0.3) is 0 Å². The van der Waals surface area contributed by atoms with Gasteiger partial charge in [0, 0.05) is 12.0 Å². The van der Waals surface area contributed by atoms with Gasteiger partial charge in [0.1, 0.15) is 0 Å². The van der Waals surface area contributed by atoms with E-state index in [0.717, 1.165) is 13.0 Å². The number of hydrogen-bond donors (Lipinski definition) is 1. The summed E-state index contributed by atoms with van der Waals surface area (Å²) in [6.45, 7) is 2.99. The zero-order valence-electron chi connectivity index (χ0n) is 8.22. The highest BCUT2D eigenvalue weighted by Gasteiger charge is 2.42. The minimum Gasteiger partial charge on any atom is -0.330 e. The van der Waals surface area contributed by atoms with Crippen LogP contribution < -0.4 is 5.73 Å². The third-order valence-corrected chi connectivity index (χ3v) is 3.22. The summed E-state index contributed by atoms with van der Waals surface area (Å²) in [4.78, 5) is 0. The first-order valence-corrected chi connectivity index (χ1v) is 5.10. The highest BCUT2D eigenvalue weighted by Crippen LogP contribution is 2.47. The maximum Gasteiger partial charge on any atom is 0.00762 e. The molecule has 0 atom stereocenters. The van der Waals surface area contributed by atoms with E-state index in [9.17, 15) is 0 Å². The first kappa shape index (κ1) is 8.76. The molecule has 0 bridgehead atoms. The van der Waals surface area contributed by atoms with Gasteiger partial charge in [-0.3, -0.25) is 0 Å². The van der Waals surface area contributed by atoms with Gasteiger partial charge in [-0.2, -0.15) is 0 Å². The molecule has 1 aromatic rings. The van der Waals surface area contributed by atoms with Crippen LogP contribution in [-0.2, 0) is 11.8 Å². The van der Waals surface area contributed by atoms with Crippen molar-refractivity contribution in [3.8, 4) is 0 Å². The van der Waals surface area contributed by atoms with Crippen molar-refractivity contribution in [3.63, 3.8) is 0 Å². The van der Waals surface area contributed by atoms with E-state index in [1.807, 2.05) is 0 Å². The van der Waals surface area contributed by atoms with Gasteiger partial charge in [0.15, 0.2) is 0 Å². The second-order valence-corrected chi connectivity index (χ2v) is 4.03. The van der Waals surface area contributed by atoms with Crippen molar-refractivity contribution >= 4 is 0 Å². The van der Waals surface area contributed by atoms with Crippen molar-refractivity contribution in [1.82, 2.24) is 0 Å². The topological polar surface area (TPSA) is 26.0 Å². The fourth-order valence-corrected chi connectivity index (χ4v) is 1.86. The molecule has 1 aliphatic rings. The molecule has 0 aromatic heterocycles. The van der Waals surface area contributed by atoms with Crippen LogP contribution in [-0.4, -0.2) is 6.54 Å². The zero-order chi connectivity index (χ0) is 9.31. The second kappa shape index (κ2) is 3.15. The van der Waals surface area contributed by atoms with E-state index in [-0.39, 0.29) is 0 Å². The number of aryl methyl sites for hydroxylation is 1. The standard InChI is InChI=1S/C12H17N/c1-2-10-3-5-11(6-4-10)12(9-13)7-8-12/h3-6H,2,7-9,13H2,1H3. The predicted molar refractivity (Wildman–Crippen MR) is 55.8 cm³/mol. The Bertz CT molecular complexity index is 282. The third-order valence-electron chi connectivity index (χ3n) is 3.22. The van der Waals surface area contributed by atoms with Crippen LogP contribution >= 0.6 is 0 Å². The fourth-order valence-electron chi connectivity index (χ4n) is 1.86. The summed E-state index contributed by atoms with van der Waals surface area (Å²) in [5.74, 6) is 0. The Labute approximate surface area is 80.0 Å². The molecule has 1 saturated carbocycles. The summed E-state index contributed by atoms with van der Waals surface area (Å²) >= 11 is 0. The molecule has 1 aromatic carbocycles. The Hall–Kier alpha value is -0.820. The summed E-state index contributed by atoms with van der Waals surface area (Å²) in [5, 5.41) is 0. The quantitative estimate of drug-likeness (QED) is 0.749. The van der Waals surface area contributed by atoms with Crippen molar-refractivity contribution < 1.29 is 0 Å². The minimum absolute atomic E-state index is 0.353. The van der Waals surface area contributed by atoms with E-state index < -0.39 is 0 Å². The van der Waals surface area contributed by atoms with E-state index in [1.165, 1.54) is 24.0 Å². The van der Waals surface area contributed by atoms with Gasteiger partial charge in [-0.1, -0.05) is 31.2 Å². The van der Waals surface area contributed by atoms with Gasteiger partial charge in [0.2, 0.25) is 0 Å². The molecule has 0 amide bonds. The maximum absolute atomic E-state index is 5.77. The van der Waals surface area contributed by atoms with Crippen molar-refractivity contribution in [3.05, 3.63) is 35.4 Å². The minimum atomic E-state index is 0.353. The monoisotopic (exact) mass is 175 g/mol. The molecule has 0 aliphatic heterocycles. The van der Waals surface area contributed by atoms with E-state index in [2.05, 4.69) is 31.2 Å². The van der Waals surface area contributed by atoms with Gasteiger partial charge >= 0.3 is 0 Å². The molecular formula is C12H17N. The molecule has 0 heterocycles. The van der Waals surface area contributed by atoms with Crippen molar-refractivity contribution in [2.45, 2.75) is 31.6 Å². The summed E-state index contributed by atoms with van der Waals surface area (Å²) in [6.07, 6.45) is 3.67. The largest absolute Gasteiger partial charge is 0.330 e. The fraction of sp³-hybridized carbons (Fsp3) is 0.500. The Kier molecular flexibility index (Phi) is 2.12. The van der Waals surface area contributed by atoms with Crippen LogP contribution in [0.5, 0.6) is 0 Å². The third kappa shape index (κ3) is 1.49. The van der Waals surface area contributed by atoms with Gasteiger partial charge in [0.25, 0.3) is 0 Å². The predicted octanol–water partition coefficient (Wildman–Crippen LogP) is 2.24. The first-order chi connectivity index (χ1) is 6.30. The molecule has 0 radical (unpaired) electrons. The van der Waals surface area contributed by atoms with Crippen LogP contribution in [0, 0.1) is 0 Å². The first-order valence-electron chi connectivity index (χ1n) is 5.10. The number of benzene rings is 1. The molecule has 13 heavy (non-hydrogen) atoms. The maximum atomic E-state index is 5.77. The molecule has 2 N–H and O–H groups in total. The van der Waals surface area contributed by atoms with E-state index >= 15 is 0 Å². The van der Waals surface area contributed by atoms with Crippen molar-refractivity contribution in [1.29, 1.82) is 0 Å². The molecule has 0 saturated heterocycles. The summed E-state index contributed by atoms with van der Waals surface area (Å²) in [6, 6.07) is 8.95. The Balaban J connectivity index is 2.23. The average Bonchev–Trinajstić information content (AvgIpc) is 2.99. The van der Waals surface area contributed by atoms with E-state index in [0.29, 0.717) is 5.41 Å². The Morgan fingerprint density at radius 3 is 2.23 bits per heavy atom. The Morgan fingerprint density at radius 1 is 1.23 bits per heavy atom. The summed E-state index contributed by atoms with van der Waals surface area (Å²) < 4.78 is 0. The van der Waals surface area contributed by atoms with E-state index in [1.54, 1.807) is 0 Å². The van der Waals surface area contributed by atoms with Crippen LogP contribution in [0.1, 0.15) is 30.9 Å². The molecule has 1 heteroatoms. The lowest BCUT2D eigenvalue weighted by atomic mass is 9.95. The molecule has 0 spiro atoms. The van der Waals surface area contributed by atoms with Gasteiger partial charge in [-0.05, 0) is 30.4 Å². The van der Waals surface area contributed by atoms with Gasteiger partial charge < -0.3 is 5.73 Å². The van der Waals surface area contributed by atoms with E-state index in [4.69, 9.17) is 5.73 Å². The molecule has 0 unspecified atom stereocenters. The number of rotatable bonds is 3. The van der Waals surface area contributed by atoms with Gasteiger partial charge in [-0.15, -0.1) is 0 Å². The molecule has 1 fully saturated rings. The highest BCUT2D eigenvalue weighted by molar-refractivity contribution is 5.34. The molecule has 1 nitrogen and oxygen atoms in total. The second-order valence-electron chi connectivity index (χ2n) is 4.03. The van der Waals surface area contributed by atoms with Crippen LogP contribution in [0.3, 0.4) is 0 Å². The van der Waals surface area contributed by atoms with Crippen LogP contribution in [0.4, 0.5) is 0 Å². The van der Waals surface area contributed by atoms with Crippen LogP contribution in [0.15, 0.2) is 24.3 Å². The molecule has 70 valence electrons. The molecular weight excluding hydrogens is 158 g/mol. The highest BCUT2D eigenvalue weighted by atomic mass is 14.7. The summed E-state index contributed by atoms with van der Waals surface area (Å²) in [7, 11) is 0. The average molecular weight is 175 g/mol.